The van der Waals surface area contributed by atoms with Crippen molar-refractivity contribution in [3.8, 4) is 0 Å². The van der Waals surface area contributed by atoms with E-state index in [4.69, 9.17) is 9.72 Å². The number of anilines is 1. The lowest BCUT2D eigenvalue weighted by Gasteiger charge is -2.27. The Morgan fingerprint density at radius 2 is 2.07 bits per heavy atom. The first-order chi connectivity index (χ1) is 13.6. The molecule has 1 aliphatic heterocycles. The molecular formula is C21H25N5O2. The fraction of sp³-hybridized carbons (Fsp3) is 0.381. The average Bonchev–Trinajstić information content (AvgIpc) is 3.05. The van der Waals surface area contributed by atoms with Gasteiger partial charge in [0.05, 0.1) is 24.2 Å². The first-order valence-corrected chi connectivity index (χ1v) is 9.62. The number of nitrogens with one attached hydrogen (secondary N) is 1. The second-order valence-corrected chi connectivity index (χ2v) is 7.17. The fourth-order valence-corrected chi connectivity index (χ4v) is 3.57. The van der Waals surface area contributed by atoms with Crippen molar-refractivity contribution in [1.29, 1.82) is 0 Å². The molecule has 0 aliphatic carbocycles. The third-order valence-corrected chi connectivity index (χ3v) is 5.03. The number of aryl methyl sites for hydroxylation is 1. The Balaban J connectivity index is 1.49. The highest BCUT2D eigenvalue weighted by Gasteiger charge is 2.19. The van der Waals surface area contributed by atoms with Crippen LogP contribution in [0.1, 0.15) is 23.0 Å². The first kappa shape index (κ1) is 18.4. The van der Waals surface area contributed by atoms with Gasteiger partial charge in [-0.25, -0.2) is 4.98 Å². The lowest BCUT2D eigenvalue weighted by atomic mass is 10.1. The monoisotopic (exact) mass is 379 g/mol. The van der Waals surface area contributed by atoms with Gasteiger partial charge in [0.1, 0.15) is 0 Å². The van der Waals surface area contributed by atoms with Gasteiger partial charge < -0.3 is 19.5 Å². The molecule has 146 valence electrons. The molecule has 0 bridgehead atoms. The fourth-order valence-electron chi connectivity index (χ4n) is 3.57. The van der Waals surface area contributed by atoms with Crippen molar-refractivity contribution in [1.82, 2.24) is 19.9 Å². The molecule has 3 aromatic rings. The van der Waals surface area contributed by atoms with Crippen molar-refractivity contribution in [2.75, 3.05) is 31.2 Å². The van der Waals surface area contributed by atoms with Gasteiger partial charge >= 0.3 is 0 Å². The quantitative estimate of drug-likeness (QED) is 0.736. The highest BCUT2D eigenvalue weighted by Crippen LogP contribution is 2.23. The molecular weight excluding hydrogens is 354 g/mol. The van der Waals surface area contributed by atoms with Crippen LogP contribution in [-0.4, -0.2) is 52.8 Å². The molecule has 1 fully saturated rings. The van der Waals surface area contributed by atoms with E-state index >= 15 is 0 Å². The summed E-state index contributed by atoms with van der Waals surface area (Å²) >= 11 is 0. The van der Waals surface area contributed by atoms with Crippen LogP contribution in [0, 0.1) is 0 Å². The smallest absolute Gasteiger partial charge is 0.251 e. The van der Waals surface area contributed by atoms with Crippen molar-refractivity contribution in [3.05, 3.63) is 53.9 Å². The minimum Gasteiger partial charge on any atom is -0.378 e. The van der Waals surface area contributed by atoms with Gasteiger partial charge in [0.15, 0.2) is 0 Å². The molecule has 0 saturated carbocycles. The van der Waals surface area contributed by atoms with Crippen molar-refractivity contribution >= 4 is 22.9 Å². The average molecular weight is 379 g/mol. The third kappa shape index (κ3) is 3.84. The van der Waals surface area contributed by atoms with E-state index in [9.17, 15) is 4.79 Å². The largest absolute Gasteiger partial charge is 0.378 e. The zero-order valence-corrected chi connectivity index (χ0v) is 16.3. The lowest BCUT2D eigenvalue weighted by molar-refractivity contribution is 0.0940. The summed E-state index contributed by atoms with van der Waals surface area (Å²) in [5.41, 5.74) is 3.42. The van der Waals surface area contributed by atoms with Crippen LogP contribution in [-0.2, 0) is 18.2 Å². The molecule has 7 nitrogen and oxygen atoms in total. The Morgan fingerprint density at radius 3 is 2.82 bits per heavy atom. The number of morpholine rings is 1. The number of pyridine rings is 1. The number of benzene rings is 1. The molecule has 0 unspecified atom stereocenters. The summed E-state index contributed by atoms with van der Waals surface area (Å²) < 4.78 is 7.50. The number of carbonyl (C=O) groups excluding carboxylic acids is 1. The second kappa shape index (κ2) is 7.98. The van der Waals surface area contributed by atoms with Gasteiger partial charge in [0.2, 0.25) is 5.95 Å². The summed E-state index contributed by atoms with van der Waals surface area (Å²) in [6.45, 7) is 5.07. The lowest BCUT2D eigenvalue weighted by Crippen LogP contribution is -2.37. The standard InChI is InChI=1S/C21H25N5O2/c1-15(13-17-5-3-4-8-22-17)23-20(27)16-6-7-19-18(14-16)24-21(25(19)2)26-9-11-28-12-10-26/h3-8,14-15H,9-13H2,1-2H3,(H,23,27)/t15-/m1/s1. The molecule has 0 radical (unpaired) electrons. The topological polar surface area (TPSA) is 72.3 Å². The van der Waals surface area contributed by atoms with Crippen LogP contribution in [0.2, 0.25) is 0 Å². The maximum atomic E-state index is 12.7. The maximum Gasteiger partial charge on any atom is 0.251 e. The third-order valence-electron chi connectivity index (χ3n) is 5.03. The number of aromatic nitrogens is 3. The van der Waals surface area contributed by atoms with Crippen LogP contribution >= 0.6 is 0 Å². The predicted molar refractivity (Wildman–Crippen MR) is 109 cm³/mol. The van der Waals surface area contributed by atoms with Crippen LogP contribution in [0.4, 0.5) is 5.95 Å². The van der Waals surface area contributed by atoms with Gasteiger partial charge in [-0.2, -0.15) is 0 Å². The molecule has 1 atom stereocenters. The van der Waals surface area contributed by atoms with E-state index in [1.165, 1.54) is 0 Å². The number of fused-ring (bicyclic) bond motifs is 1. The first-order valence-electron chi connectivity index (χ1n) is 9.62. The summed E-state index contributed by atoms with van der Waals surface area (Å²) in [7, 11) is 2.01. The number of hydrogen-bond acceptors (Lipinski definition) is 5. The number of carbonyl (C=O) groups is 1. The minimum absolute atomic E-state index is 0.00857. The van der Waals surface area contributed by atoms with E-state index in [1.54, 1.807) is 6.20 Å². The van der Waals surface area contributed by atoms with Crippen LogP contribution in [0.25, 0.3) is 11.0 Å². The SMILES string of the molecule is C[C@H](Cc1ccccn1)NC(=O)c1ccc2c(c1)nc(N1CCOCC1)n2C. The molecule has 3 heterocycles. The Hall–Kier alpha value is -2.93. The van der Waals surface area contributed by atoms with Crippen molar-refractivity contribution in [3.63, 3.8) is 0 Å². The van der Waals surface area contributed by atoms with Crippen LogP contribution in [0.5, 0.6) is 0 Å². The Morgan fingerprint density at radius 1 is 1.25 bits per heavy atom. The number of hydrogen-bond donors (Lipinski definition) is 1. The number of nitrogens with zero attached hydrogens (tertiary/aromatic N) is 4. The van der Waals surface area contributed by atoms with Crippen LogP contribution in [0.15, 0.2) is 42.6 Å². The zero-order valence-electron chi connectivity index (χ0n) is 16.3. The zero-order chi connectivity index (χ0) is 19.5. The molecule has 7 heteroatoms. The Kier molecular flexibility index (Phi) is 5.25. The summed E-state index contributed by atoms with van der Waals surface area (Å²) in [5.74, 6) is 0.822. The summed E-state index contributed by atoms with van der Waals surface area (Å²) in [6, 6.07) is 11.5. The van der Waals surface area contributed by atoms with E-state index in [0.29, 0.717) is 25.2 Å². The minimum atomic E-state index is -0.0936. The van der Waals surface area contributed by atoms with E-state index in [2.05, 4.69) is 19.8 Å². The van der Waals surface area contributed by atoms with Gasteiger partial charge in [0, 0.05) is 50.1 Å². The normalized spacial score (nSPS) is 15.6. The van der Waals surface area contributed by atoms with Gasteiger partial charge in [-0.3, -0.25) is 9.78 Å². The number of rotatable bonds is 5. The second-order valence-electron chi connectivity index (χ2n) is 7.17. The van der Waals surface area contributed by atoms with Gasteiger partial charge in [0.25, 0.3) is 5.91 Å². The molecule has 1 aliphatic rings. The summed E-state index contributed by atoms with van der Waals surface area (Å²) in [4.78, 5) is 24.0. The number of amides is 1. The summed E-state index contributed by atoms with van der Waals surface area (Å²) in [5, 5.41) is 3.05. The molecule has 1 amide bonds. The highest BCUT2D eigenvalue weighted by atomic mass is 16.5. The molecule has 1 aromatic carbocycles. The van der Waals surface area contributed by atoms with E-state index in [0.717, 1.165) is 35.8 Å². The summed E-state index contributed by atoms with van der Waals surface area (Å²) in [6.07, 6.45) is 2.46. The Labute approximate surface area is 164 Å². The predicted octanol–water partition coefficient (Wildman–Crippen LogP) is 2.17. The number of imidazole rings is 1. The van der Waals surface area contributed by atoms with Crippen molar-refractivity contribution in [2.24, 2.45) is 7.05 Å². The van der Waals surface area contributed by atoms with Crippen molar-refractivity contribution in [2.45, 2.75) is 19.4 Å². The molecule has 1 N–H and O–H groups in total. The van der Waals surface area contributed by atoms with E-state index in [1.807, 2.05) is 50.4 Å². The Bertz CT molecular complexity index is 964. The molecule has 0 spiro atoms. The maximum absolute atomic E-state index is 12.7. The van der Waals surface area contributed by atoms with Gasteiger partial charge in [-0.15, -0.1) is 0 Å². The molecule has 4 rings (SSSR count). The molecule has 28 heavy (non-hydrogen) atoms. The van der Waals surface area contributed by atoms with Crippen molar-refractivity contribution < 1.29 is 9.53 Å². The highest BCUT2D eigenvalue weighted by molar-refractivity contribution is 5.97. The van der Waals surface area contributed by atoms with Gasteiger partial charge in [-0.05, 0) is 37.3 Å². The molecule has 1 saturated heterocycles. The van der Waals surface area contributed by atoms with E-state index < -0.39 is 0 Å². The van der Waals surface area contributed by atoms with Crippen LogP contribution in [0.3, 0.4) is 0 Å². The van der Waals surface area contributed by atoms with Gasteiger partial charge in [-0.1, -0.05) is 6.07 Å². The molecule has 2 aromatic heterocycles. The number of ether oxygens (including phenoxy) is 1. The van der Waals surface area contributed by atoms with Crippen LogP contribution < -0.4 is 10.2 Å². The van der Waals surface area contributed by atoms with E-state index in [-0.39, 0.29) is 11.9 Å².